The van der Waals surface area contributed by atoms with Gasteiger partial charge in [0.2, 0.25) is 5.91 Å². The van der Waals surface area contributed by atoms with Crippen molar-refractivity contribution in [2.24, 2.45) is 17.3 Å². The summed E-state index contributed by atoms with van der Waals surface area (Å²) in [6.45, 7) is 2.54. The topological polar surface area (TPSA) is 72.7 Å². The molecule has 6 nitrogen and oxygen atoms in total. The minimum absolute atomic E-state index is 0.00482. The van der Waals surface area contributed by atoms with E-state index in [2.05, 4.69) is 25.1 Å². The Kier molecular flexibility index (Phi) is 3.33. The molecule has 0 spiro atoms. The van der Waals surface area contributed by atoms with Crippen LogP contribution in [0.15, 0.2) is 18.0 Å². The Morgan fingerprint density at radius 1 is 1.36 bits per heavy atom. The maximum absolute atomic E-state index is 13.2. The lowest BCUT2D eigenvalue weighted by Crippen LogP contribution is -2.61. The van der Waals surface area contributed by atoms with Crippen molar-refractivity contribution in [2.75, 3.05) is 0 Å². The molecule has 2 aromatic rings. The minimum Gasteiger partial charge on any atom is -0.350 e. The molecule has 2 unspecified atom stereocenters. The Bertz CT molecular complexity index is 784. The van der Waals surface area contributed by atoms with E-state index in [0.717, 1.165) is 42.8 Å². The Balaban J connectivity index is 1.40. The predicted molar refractivity (Wildman–Crippen MR) is 93.8 cm³/mol. The third-order valence-electron chi connectivity index (χ3n) is 6.51. The summed E-state index contributed by atoms with van der Waals surface area (Å²) in [4.78, 5) is 21.8. The first kappa shape index (κ1) is 15.5. The number of carbonyl (C=O) groups is 1. The van der Waals surface area contributed by atoms with Gasteiger partial charge in [0.1, 0.15) is 12.7 Å². The maximum Gasteiger partial charge on any atom is 0.226 e. The van der Waals surface area contributed by atoms with Crippen LogP contribution in [0.1, 0.15) is 49.2 Å². The van der Waals surface area contributed by atoms with Crippen LogP contribution in [-0.4, -0.2) is 25.7 Å². The van der Waals surface area contributed by atoms with Gasteiger partial charge in [-0.2, -0.15) is 5.10 Å². The molecule has 4 fully saturated rings. The number of nitrogens with one attached hydrogen (secondary N) is 1. The largest absolute Gasteiger partial charge is 0.350 e. The fourth-order valence-electron chi connectivity index (χ4n) is 6.05. The molecule has 7 heteroatoms. The van der Waals surface area contributed by atoms with Crippen LogP contribution in [0.25, 0.3) is 0 Å². The highest BCUT2D eigenvalue weighted by Gasteiger charge is 2.61. The average molecular weight is 357 g/mol. The first-order valence-electron chi connectivity index (χ1n) is 9.11. The van der Waals surface area contributed by atoms with Gasteiger partial charge >= 0.3 is 0 Å². The van der Waals surface area contributed by atoms with Crippen LogP contribution in [0.4, 0.5) is 0 Å². The monoisotopic (exact) mass is 357 g/mol. The van der Waals surface area contributed by atoms with Gasteiger partial charge in [-0.1, -0.05) is 0 Å². The maximum atomic E-state index is 13.2. The molecule has 4 aliphatic rings. The van der Waals surface area contributed by atoms with Crippen molar-refractivity contribution in [3.63, 3.8) is 0 Å². The van der Waals surface area contributed by atoms with Crippen LogP contribution in [0.3, 0.4) is 0 Å². The fraction of sp³-hybridized carbons (Fsp3) is 0.667. The summed E-state index contributed by atoms with van der Waals surface area (Å²) in [6.07, 6.45) is 9.99. The summed E-state index contributed by atoms with van der Waals surface area (Å²) in [5.41, 5.74) is 0.725. The van der Waals surface area contributed by atoms with Crippen molar-refractivity contribution in [2.45, 2.75) is 57.5 Å². The molecule has 2 aromatic heterocycles. The molecule has 0 saturated heterocycles. The molecular weight excluding hydrogens is 334 g/mol. The number of nitrogens with zero attached hydrogens (tertiary/aromatic N) is 4. The number of thiazole rings is 1. The van der Waals surface area contributed by atoms with Gasteiger partial charge in [-0.25, -0.2) is 14.6 Å². The third kappa shape index (κ3) is 2.43. The van der Waals surface area contributed by atoms with E-state index < -0.39 is 0 Å². The van der Waals surface area contributed by atoms with Gasteiger partial charge < -0.3 is 5.32 Å². The SMILES string of the molecule is Cc1nc(CNC(=O)C23CC4CC(C2)CC(n2cncn2)(C4)C3)cs1. The molecule has 1 N–H and O–H groups in total. The molecule has 132 valence electrons. The van der Waals surface area contributed by atoms with Crippen molar-refractivity contribution in [1.29, 1.82) is 0 Å². The molecule has 4 saturated carbocycles. The van der Waals surface area contributed by atoms with Crippen LogP contribution in [-0.2, 0) is 16.9 Å². The van der Waals surface area contributed by atoms with Crippen LogP contribution in [0.2, 0.25) is 0 Å². The van der Waals surface area contributed by atoms with Gasteiger partial charge in [-0.15, -0.1) is 11.3 Å². The van der Waals surface area contributed by atoms with E-state index in [1.165, 1.54) is 6.42 Å². The van der Waals surface area contributed by atoms with Crippen LogP contribution < -0.4 is 5.32 Å². The van der Waals surface area contributed by atoms with E-state index in [1.807, 2.05) is 18.6 Å². The molecule has 0 aliphatic heterocycles. The van der Waals surface area contributed by atoms with Crippen molar-refractivity contribution in [1.82, 2.24) is 25.1 Å². The number of aryl methyl sites for hydroxylation is 1. The summed E-state index contributed by atoms with van der Waals surface area (Å²) in [6, 6.07) is 0. The fourth-order valence-corrected chi connectivity index (χ4v) is 6.66. The number of amides is 1. The average Bonchev–Trinajstić information content (AvgIpc) is 3.23. The quantitative estimate of drug-likeness (QED) is 0.913. The first-order chi connectivity index (χ1) is 12.1. The zero-order valence-electron chi connectivity index (χ0n) is 14.4. The molecule has 2 atom stereocenters. The van der Waals surface area contributed by atoms with E-state index in [0.29, 0.717) is 18.4 Å². The molecule has 6 rings (SSSR count). The van der Waals surface area contributed by atoms with E-state index >= 15 is 0 Å². The van der Waals surface area contributed by atoms with Crippen LogP contribution in [0, 0.1) is 24.2 Å². The van der Waals surface area contributed by atoms with Gasteiger partial charge in [-0.3, -0.25) is 4.79 Å². The first-order valence-corrected chi connectivity index (χ1v) is 9.99. The zero-order valence-corrected chi connectivity index (χ0v) is 15.3. The van der Waals surface area contributed by atoms with Gasteiger partial charge in [0, 0.05) is 5.38 Å². The highest BCUT2D eigenvalue weighted by atomic mass is 32.1. The number of carbonyl (C=O) groups excluding carboxylic acids is 1. The standard InChI is InChI=1S/C18H23N5OS/c1-12-22-15(8-25-12)7-20-16(24)17-3-13-2-14(4-17)6-18(5-13,9-17)23-11-19-10-21-23/h8,10-11,13-14H,2-7,9H2,1H3,(H,20,24). The summed E-state index contributed by atoms with van der Waals surface area (Å²) in [5, 5.41) is 10.7. The lowest BCUT2D eigenvalue weighted by atomic mass is 9.46. The van der Waals surface area contributed by atoms with Gasteiger partial charge in [-0.05, 0) is 57.3 Å². The third-order valence-corrected chi connectivity index (χ3v) is 7.34. The molecule has 0 radical (unpaired) electrons. The predicted octanol–water partition coefficient (Wildman–Crippen LogP) is 2.65. The molecule has 2 heterocycles. The molecule has 4 bridgehead atoms. The zero-order chi connectivity index (χ0) is 17.1. The van der Waals surface area contributed by atoms with Gasteiger partial charge in [0.15, 0.2) is 0 Å². The second-order valence-electron chi connectivity index (χ2n) is 8.35. The summed E-state index contributed by atoms with van der Waals surface area (Å²) >= 11 is 1.63. The molecule has 4 aliphatic carbocycles. The number of aromatic nitrogens is 4. The normalized spacial score (nSPS) is 35.9. The number of hydrogen-bond acceptors (Lipinski definition) is 5. The number of hydrogen-bond donors (Lipinski definition) is 1. The Morgan fingerprint density at radius 2 is 2.16 bits per heavy atom. The van der Waals surface area contributed by atoms with Crippen LogP contribution >= 0.6 is 11.3 Å². The summed E-state index contributed by atoms with van der Waals surface area (Å²) in [7, 11) is 0. The Hall–Kier alpha value is -1.76. The lowest BCUT2D eigenvalue weighted by Gasteiger charge is -2.60. The van der Waals surface area contributed by atoms with E-state index in [9.17, 15) is 4.79 Å². The second-order valence-corrected chi connectivity index (χ2v) is 9.41. The van der Waals surface area contributed by atoms with E-state index in [1.54, 1.807) is 17.7 Å². The summed E-state index contributed by atoms with van der Waals surface area (Å²) in [5.74, 6) is 1.49. The van der Waals surface area contributed by atoms with Gasteiger partial charge in [0.05, 0.1) is 28.2 Å². The molecule has 0 aromatic carbocycles. The second kappa shape index (κ2) is 5.37. The highest BCUT2D eigenvalue weighted by Crippen LogP contribution is 2.64. The van der Waals surface area contributed by atoms with Crippen molar-refractivity contribution in [3.8, 4) is 0 Å². The molecule has 1 amide bonds. The molecular formula is C18H23N5OS. The van der Waals surface area contributed by atoms with E-state index in [4.69, 9.17) is 0 Å². The van der Waals surface area contributed by atoms with Crippen molar-refractivity contribution in [3.05, 3.63) is 28.7 Å². The van der Waals surface area contributed by atoms with Crippen molar-refractivity contribution < 1.29 is 4.79 Å². The van der Waals surface area contributed by atoms with E-state index in [-0.39, 0.29) is 16.9 Å². The van der Waals surface area contributed by atoms with Crippen molar-refractivity contribution >= 4 is 17.2 Å². The summed E-state index contributed by atoms with van der Waals surface area (Å²) < 4.78 is 2.05. The Morgan fingerprint density at radius 3 is 2.80 bits per heavy atom. The minimum atomic E-state index is -0.235. The Labute approximate surface area is 151 Å². The molecule has 25 heavy (non-hydrogen) atoms. The van der Waals surface area contributed by atoms with Gasteiger partial charge in [0.25, 0.3) is 0 Å². The lowest BCUT2D eigenvalue weighted by molar-refractivity contribution is -0.156. The smallest absolute Gasteiger partial charge is 0.226 e. The highest BCUT2D eigenvalue weighted by molar-refractivity contribution is 7.09. The number of rotatable bonds is 4. The van der Waals surface area contributed by atoms with Crippen LogP contribution in [0.5, 0.6) is 0 Å².